The maximum absolute atomic E-state index is 3.94. The maximum Gasteiger partial charge on any atom is 0.104 e. The zero-order valence-electron chi connectivity index (χ0n) is 35.1. The lowest BCUT2D eigenvalue weighted by Gasteiger charge is -2.45. The fraction of sp³-hybridized carbons (Fsp3) is 0.0492. The number of hydrogen-bond donors (Lipinski definition) is 2. The van der Waals surface area contributed by atoms with Crippen LogP contribution in [0.5, 0.6) is 0 Å². The van der Waals surface area contributed by atoms with E-state index in [4.69, 9.17) is 0 Å². The van der Waals surface area contributed by atoms with Crippen LogP contribution in [0.1, 0.15) is 51.2 Å². The molecule has 10 aromatic rings. The molecule has 0 aromatic heterocycles. The molecule has 0 bridgehead atoms. The number of benzene rings is 10. The van der Waals surface area contributed by atoms with E-state index in [1.165, 1.54) is 94.1 Å². The zero-order chi connectivity index (χ0) is 42.2. The molecule has 13 rings (SSSR count). The van der Waals surface area contributed by atoms with Crippen LogP contribution in [-0.4, -0.2) is 0 Å². The summed E-state index contributed by atoms with van der Waals surface area (Å²) in [6.07, 6.45) is 2.20. The Balaban J connectivity index is 1.03. The first kappa shape index (κ1) is 36.7. The van der Waals surface area contributed by atoms with Gasteiger partial charge in [0.25, 0.3) is 0 Å². The first-order chi connectivity index (χ1) is 31.7. The highest BCUT2D eigenvalue weighted by Crippen LogP contribution is 2.64. The molecule has 2 N–H and O–H groups in total. The summed E-state index contributed by atoms with van der Waals surface area (Å²) in [5, 5.41) is 12.7. The van der Waals surface area contributed by atoms with Crippen molar-refractivity contribution in [1.82, 2.24) is 10.6 Å². The topological polar surface area (TPSA) is 27.3 Å². The van der Waals surface area contributed by atoms with Crippen LogP contribution in [0.2, 0.25) is 0 Å². The Morgan fingerprint density at radius 1 is 0.375 bits per heavy atom. The second-order valence-corrected chi connectivity index (χ2v) is 17.4. The van der Waals surface area contributed by atoms with Gasteiger partial charge in [0.15, 0.2) is 0 Å². The Hall–Kier alpha value is -7.98. The largest absolute Gasteiger partial charge is 0.366 e. The molecule has 0 amide bonds. The van der Waals surface area contributed by atoms with E-state index in [0.717, 1.165) is 11.4 Å². The van der Waals surface area contributed by atoms with Gasteiger partial charge in [0.2, 0.25) is 0 Å². The van der Waals surface area contributed by atoms with Crippen molar-refractivity contribution in [3.8, 4) is 22.3 Å². The Morgan fingerprint density at radius 2 is 0.906 bits per heavy atom. The van der Waals surface area contributed by atoms with Crippen molar-refractivity contribution >= 4 is 44.3 Å². The molecule has 0 saturated carbocycles. The van der Waals surface area contributed by atoms with Gasteiger partial charge in [-0.2, -0.15) is 0 Å². The van der Waals surface area contributed by atoms with E-state index in [0.29, 0.717) is 0 Å². The van der Waals surface area contributed by atoms with Crippen LogP contribution in [0, 0.1) is 0 Å². The highest BCUT2D eigenvalue weighted by Gasteiger charge is 2.52. The van der Waals surface area contributed by atoms with Gasteiger partial charge < -0.3 is 10.2 Å². The van der Waals surface area contributed by atoms with Gasteiger partial charge in [-0.25, -0.2) is 0 Å². The molecule has 2 unspecified atom stereocenters. The zero-order valence-corrected chi connectivity index (χ0v) is 35.1. The lowest BCUT2D eigenvalue weighted by atomic mass is 9.63. The molecule has 2 aliphatic heterocycles. The average Bonchev–Trinajstić information content (AvgIpc) is 3.66. The Labute approximate surface area is 373 Å². The van der Waals surface area contributed by atoms with Gasteiger partial charge >= 0.3 is 0 Å². The third-order valence-electron chi connectivity index (χ3n) is 13.9. The summed E-state index contributed by atoms with van der Waals surface area (Å²) >= 11 is 0. The predicted octanol–water partition coefficient (Wildman–Crippen LogP) is 14.8. The first-order valence-electron chi connectivity index (χ1n) is 22.3. The SMILES string of the molecule is C1=C(c2ccccc2)NC(c2cccc(-c3ccc4c(c3)C3(c5ccccc5-4)c4cc5ccccc5cc4N(c4ccccc4)c4cc5ccccc5cc43)c2)NC1c1ccccc1. The van der Waals surface area contributed by atoms with Gasteiger partial charge in [-0.05, 0) is 137 Å². The smallest absolute Gasteiger partial charge is 0.104 e. The molecule has 302 valence electrons. The summed E-state index contributed by atoms with van der Waals surface area (Å²) in [5.41, 5.74) is 17.8. The van der Waals surface area contributed by atoms with Crippen LogP contribution in [0.15, 0.2) is 237 Å². The van der Waals surface area contributed by atoms with Crippen LogP contribution in [-0.2, 0) is 5.41 Å². The highest BCUT2D eigenvalue weighted by molar-refractivity contribution is 6.03. The van der Waals surface area contributed by atoms with Gasteiger partial charge in [-0.1, -0.05) is 182 Å². The molecule has 1 spiro atoms. The molecule has 0 radical (unpaired) electrons. The molecule has 3 nitrogen and oxygen atoms in total. The fourth-order valence-corrected chi connectivity index (χ4v) is 11.0. The summed E-state index contributed by atoms with van der Waals surface area (Å²) in [6, 6.07) is 85.3. The van der Waals surface area contributed by atoms with Crippen molar-refractivity contribution in [3.63, 3.8) is 0 Å². The van der Waals surface area contributed by atoms with E-state index in [-0.39, 0.29) is 12.2 Å². The summed E-state index contributed by atoms with van der Waals surface area (Å²) in [4.78, 5) is 2.51. The van der Waals surface area contributed by atoms with Gasteiger partial charge in [0.05, 0.1) is 22.8 Å². The normalized spacial score (nSPS) is 16.7. The molecule has 64 heavy (non-hydrogen) atoms. The second-order valence-electron chi connectivity index (χ2n) is 17.4. The van der Waals surface area contributed by atoms with E-state index >= 15 is 0 Å². The molecule has 10 aromatic carbocycles. The van der Waals surface area contributed by atoms with Crippen molar-refractivity contribution in [2.75, 3.05) is 4.90 Å². The number of hydrogen-bond acceptors (Lipinski definition) is 3. The Kier molecular flexibility index (Phi) is 8.34. The van der Waals surface area contributed by atoms with Crippen molar-refractivity contribution in [1.29, 1.82) is 0 Å². The number of para-hydroxylation sites is 1. The quantitative estimate of drug-likeness (QED) is 0.181. The van der Waals surface area contributed by atoms with E-state index in [9.17, 15) is 0 Å². The summed E-state index contributed by atoms with van der Waals surface area (Å²) < 4.78 is 0. The number of anilines is 3. The molecular formula is C61H43N3. The number of nitrogens with one attached hydrogen (secondary N) is 2. The molecule has 2 heterocycles. The summed E-state index contributed by atoms with van der Waals surface area (Å²) in [6.45, 7) is 0. The highest BCUT2D eigenvalue weighted by atomic mass is 15.2. The van der Waals surface area contributed by atoms with E-state index in [1.54, 1.807) is 0 Å². The molecular weight excluding hydrogens is 775 g/mol. The molecule has 3 aliphatic rings. The van der Waals surface area contributed by atoms with Crippen molar-refractivity contribution in [2.24, 2.45) is 0 Å². The molecule has 0 fully saturated rings. The number of rotatable bonds is 5. The van der Waals surface area contributed by atoms with Crippen molar-refractivity contribution < 1.29 is 0 Å². The molecule has 1 aliphatic carbocycles. The third-order valence-corrected chi connectivity index (χ3v) is 13.9. The third kappa shape index (κ3) is 5.64. The van der Waals surface area contributed by atoms with Crippen LogP contribution in [0.3, 0.4) is 0 Å². The molecule has 2 atom stereocenters. The van der Waals surface area contributed by atoms with E-state index in [1.807, 2.05) is 0 Å². The molecule has 0 saturated heterocycles. The standard InChI is InChI=1S/C61H43N3/c1-4-17-40(18-5-1)56-39-57(41-19-6-2-7-20-41)63-60(62-56)48-26-16-25-42(33-48)47-31-32-51-50-29-14-15-30-52(50)61(53(51)34-47)54-35-43-21-10-12-23-45(43)37-58(54)64(49-27-8-3-9-28-49)59-38-46-24-13-11-22-44(46)36-55(59)61/h1-39,56,60,62-63H. The predicted molar refractivity (Wildman–Crippen MR) is 265 cm³/mol. The lowest BCUT2D eigenvalue weighted by Crippen LogP contribution is -2.39. The van der Waals surface area contributed by atoms with Gasteiger partial charge in [-0.15, -0.1) is 0 Å². The van der Waals surface area contributed by atoms with E-state index < -0.39 is 5.41 Å². The number of fused-ring (bicyclic) bond motifs is 11. The van der Waals surface area contributed by atoms with Gasteiger partial charge in [0, 0.05) is 11.4 Å². The minimum atomic E-state index is -0.603. The van der Waals surface area contributed by atoms with Crippen LogP contribution < -0.4 is 15.5 Å². The summed E-state index contributed by atoms with van der Waals surface area (Å²) in [5.74, 6) is 0. The minimum Gasteiger partial charge on any atom is -0.366 e. The van der Waals surface area contributed by atoms with Crippen molar-refractivity contribution in [3.05, 3.63) is 276 Å². The van der Waals surface area contributed by atoms with Crippen LogP contribution in [0.25, 0.3) is 49.5 Å². The lowest BCUT2D eigenvalue weighted by molar-refractivity contribution is 0.443. The Bertz CT molecular complexity index is 3380. The minimum absolute atomic E-state index is 0.0405. The van der Waals surface area contributed by atoms with Crippen molar-refractivity contribution in [2.45, 2.75) is 17.6 Å². The summed E-state index contributed by atoms with van der Waals surface area (Å²) in [7, 11) is 0. The monoisotopic (exact) mass is 817 g/mol. The maximum atomic E-state index is 3.94. The van der Waals surface area contributed by atoms with Gasteiger partial charge in [-0.3, -0.25) is 5.32 Å². The van der Waals surface area contributed by atoms with E-state index in [2.05, 4.69) is 252 Å². The molecule has 3 heteroatoms. The second kappa shape index (κ2) is 14.6. The number of nitrogens with zero attached hydrogens (tertiary/aromatic N) is 1. The van der Waals surface area contributed by atoms with Crippen LogP contribution in [0.4, 0.5) is 17.1 Å². The first-order valence-corrected chi connectivity index (χ1v) is 22.3. The fourth-order valence-electron chi connectivity index (χ4n) is 11.0. The van der Waals surface area contributed by atoms with Crippen LogP contribution >= 0.6 is 0 Å². The van der Waals surface area contributed by atoms with Gasteiger partial charge in [0.1, 0.15) is 6.17 Å². The average molecular weight is 818 g/mol. The Morgan fingerprint density at radius 3 is 1.59 bits per heavy atom.